The molecule has 0 fully saturated rings. The summed E-state index contributed by atoms with van der Waals surface area (Å²) in [5.41, 5.74) is 3.48. The van der Waals surface area contributed by atoms with Crippen LogP contribution in [-0.4, -0.2) is 8.42 Å². The number of hydrogen-bond donors (Lipinski definition) is 0. The fourth-order valence-electron chi connectivity index (χ4n) is 4.47. The van der Waals surface area contributed by atoms with Gasteiger partial charge in [0.2, 0.25) is 0 Å². The maximum atomic E-state index is 13.9. The normalized spacial score (nSPS) is 12.4. The van der Waals surface area contributed by atoms with Crippen LogP contribution in [-0.2, 0) is 26.6 Å². The monoisotopic (exact) mass is 546 g/mol. The Labute approximate surface area is 230 Å². The molecule has 0 aliphatic rings. The van der Waals surface area contributed by atoms with Crippen LogP contribution in [0, 0.1) is 6.92 Å². The van der Waals surface area contributed by atoms with Crippen molar-refractivity contribution in [1.29, 1.82) is 0 Å². The third kappa shape index (κ3) is 6.40. The molecule has 0 aromatic heterocycles. The lowest BCUT2D eigenvalue weighted by atomic mass is 10.1. The lowest BCUT2D eigenvalue weighted by Gasteiger charge is -2.39. The van der Waals surface area contributed by atoms with Gasteiger partial charge >= 0.3 is 10.1 Å². The van der Waals surface area contributed by atoms with Gasteiger partial charge in [-0.05, 0) is 103 Å². The van der Waals surface area contributed by atoms with Crippen LogP contribution in [0.2, 0.25) is 0 Å². The molecule has 0 saturated heterocycles. The minimum absolute atomic E-state index is 0.162. The van der Waals surface area contributed by atoms with Crippen molar-refractivity contribution in [2.24, 2.45) is 0 Å². The summed E-state index contributed by atoms with van der Waals surface area (Å²) in [5, 5.41) is 0. The molecule has 0 N–H and O–H groups in total. The Hall–Kier alpha value is -2.86. The van der Waals surface area contributed by atoms with E-state index in [1.807, 2.05) is 37.3 Å². The topological polar surface area (TPSA) is 43.4 Å². The van der Waals surface area contributed by atoms with Crippen LogP contribution in [0.25, 0.3) is 0 Å². The predicted octanol–water partition coefficient (Wildman–Crippen LogP) is 9.28. The number of aryl methyl sites for hydroxylation is 3. The van der Waals surface area contributed by atoms with Gasteiger partial charge in [-0.2, -0.15) is 8.42 Å². The molecule has 0 aliphatic heterocycles. The molecule has 4 aromatic rings. The number of unbranched alkanes of at least 4 members (excludes halogenated alkanes) is 2. The largest absolute Gasteiger partial charge is 0.307 e. The number of hydrogen-bond acceptors (Lipinski definition) is 3. The van der Waals surface area contributed by atoms with Gasteiger partial charge in [-0.15, -0.1) is 0 Å². The predicted molar refractivity (Wildman–Crippen MR) is 158 cm³/mol. The Morgan fingerprint density at radius 2 is 0.974 bits per heavy atom. The summed E-state index contributed by atoms with van der Waals surface area (Å²) >= 11 is 0. The van der Waals surface area contributed by atoms with E-state index >= 15 is 0 Å². The highest BCUT2D eigenvalue weighted by atomic mass is 32.3. The molecule has 4 rings (SSSR count). The summed E-state index contributed by atoms with van der Waals surface area (Å²) in [6, 6.07) is 33.4. The molecule has 0 unspecified atom stereocenters. The van der Waals surface area contributed by atoms with Gasteiger partial charge in [0.1, 0.15) is 0 Å². The third-order valence-electron chi connectivity index (χ3n) is 6.72. The molecule has 3 nitrogen and oxygen atoms in total. The highest BCUT2D eigenvalue weighted by Gasteiger charge is 2.38. The second kappa shape index (κ2) is 12.8. The van der Waals surface area contributed by atoms with Gasteiger partial charge in [0.05, 0.1) is 4.90 Å². The Balaban J connectivity index is 1.91. The van der Waals surface area contributed by atoms with E-state index in [2.05, 4.69) is 62.4 Å². The Kier molecular flexibility index (Phi) is 9.48. The van der Waals surface area contributed by atoms with Gasteiger partial charge in [0.15, 0.2) is 0 Å². The zero-order valence-corrected chi connectivity index (χ0v) is 24.2. The van der Waals surface area contributed by atoms with Gasteiger partial charge in [0, 0.05) is 14.7 Å². The smallest absolute Gasteiger partial charge is 0.203 e. The van der Waals surface area contributed by atoms with Crippen LogP contribution in [0.1, 0.15) is 56.2 Å². The van der Waals surface area contributed by atoms with Crippen molar-refractivity contribution in [2.75, 3.05) is 0 Å². The van der Waals surface area contributed by atoms with E-state index in [4.69, 9.17) is 3.63 Å². The number of benzene rings is 4. The Morgan fingerprint density at radius 3 is 1.42 bits per heavy atom. The Morgan fingerprint density at radius 1 is 0.553 bits per heavy atom. The van der Waals surface area contributed by atoms with E-state index in [0.717, 1.165) is 58.8 Å². The second-order valence-corrected chi connectivity index (χ2v) is 14.2. The van der Waals surface area contributed by atoms with Crippen LogP contribution in [0.5, 0.6) is 0 Å². The summed E-state index contributed by atoms with van der Waals surface area (Å²) in [7, 11) is -6.70. The van der Waals surface area contributed by atoms with E-state index < -0.39 is 20.4 Å². The SMILES string of the molecule is CCCCc1ccc(S(OS(=O)(=O)c2ccc(C)cc2)(c2ccccc2)c2ccc(CCCC)cc2)cc1. The highest BCUT2D eigenvalue weighted by molar-refractivity contribution is 8.33. The van der Waals surface area contributed by atoms with E-state index in [-0.39, 0.29) is 4.90 Å². The maximum absolute atomic E-state index is 13.9. The van der Waals surface area contributed by atoms with Crippen molar-refractivity contribution < 1.29 is 12.0 Å². The minimum atomic E-state index is -4.09. The molecule has 0 aliphatic carbocycles. The van der Waals surface area contributed by atoms with Gasteiger partial charge in [0.25, 0.3) is 0 Å². The first-order chi connectivity index (χ1) is 18.4. The van der Waals surface area contributed by atoms with Crippen molar-refractivity contribution in [1.82, 2.24) is 0 Å². The van der Waals surface area contributed by atoms with Crippen molar-refractivity contribution in [3.05, 3.63) is 120 Å². The van der Waals surface area contributed by atoms with Crippen molar-refractivity contribution in [3.8, 4) is 0 Å². The van der Waals surface area contributed by atoms with E-state index in [0.29, 0.717) is 0 Å². The first-order valence-electron chi connectivity index (χ1n) is 13.5. The standard InChI is InChI=1S/C33H38O3S2/c1-4-6-11-28-17-23-31(24-18-28)37(30-13-9-8-10-14-30,32-25-19-29(20-26-32)12-7-5-2)36-38(34,35)33-21-15-27(3)16-22-33/h8-10,13-26H,4-7,11-12H2,1-3H3. The summed E-state index contributed by atoms with van der Waals surface area (Å²) in [6.07, 6.45) is 6.49. The summed E-state index contributed by atoms with van der Waals surface area (Å²) < 4.78 is 34.3. The molecule has 5 heteroatoms. The third-order valence-corrected chi connectivity index (χ3v) is 11.9. The lowest BCUT2D eigenvalue weighted by Crippen LogP contribution is -2.14. The average molecular weight is 547 g/mol. The van der Waals surface area contributed by atoms with Crippen molar-refractivity contribution >= 4 is 20.4 Å². The van der Waals surface area contributed by atoms with Crippen LogP contribution >= 0.6 is 10.3 Å². The highest BCUT2D eigenvalue weighted by Crippen LogP contribution is 2.70. The molecule has 0 heterocycles. The molecule has 0 radical (unpaired) electrons. The van der Waals surface area contributed by atoms with E-state index in [1.165, 1.54) is 11.1 Å². The lowest BCUT2D eigenvalue weighted by molar-refractivity contribution is 0.508. The quantitative estimate of drug-likeness (QED) is 0.178. The molecule has 0 amide bonds. The number of rotatable bonds is 12. The maximum Gasteiger partial charge on any atom is 0.307 e. The average Bonchev–Trinajstić information content (AvgIpc) is 2.95. The first-order valence-corrected chi connectivity index (χ1v) is 16.4. The molecule has 200 valence electrons. The molecule has 38 heavy (non-hydrogen) atoms. The molecule has 4 aromatic carbocycles. The summed E-state index contributed by atoms with van der Waals surface area (Å²) in [5.74, 6) is 0. The molecule has 0 spiro atoms. The fourth-order valence-corrected chi connectivity index (χ4v) is 9.67. The first kappa shape index (κ1) is 28.2. The van der Waals surface area contributed by atoms with E-state index in [9.17, 15) is 8.42 Å². The van der Waals surface area contributed by atoms with Crippen LogP contribution < -0.4 is 0 Å². The van der Waals surface area contributed by atoms with Crippen LogP contribution in [0.15, 0.2) is 123 Å². The van der Waals surface area contributed by atoms with Gasteiger partial charge < -0.3 is 0 Å². The Bertz CT molecular complexity index is 1340. The molecular weight excluding hydrogens is 508 g/mol. The fraction of sp³-hybridized carbons (Fsp3) is 0.273. The van der Waals surface area contributed by atoms with Crippen LogP contribution in [0.4, 0.5) is 0 Å². The minimum Gasteiger partial charge on any atom is -0.203 e. The van der Waals surface area contributed by atoms with Crippen LogP contribution in [0.3, 0.4) is 0 Å². The summed E-state index contributed by atoms with van der Waals surface area (Å²) in [4.78, 5) is 2.73. The van der Waals surface area contributed by atoms with Crippen molar-refractivity contribution in [3.63, 3.8) is 0 Å². The second-order valence-electron chi connectivity index (χ2n) is 9.70. The summed E-state index contributed by atoms with van der Waals surface area (Å²) in [6.45, 7) is 6.32. The molecular formula is C33H38O3S2. The molecule has 0 bridgehead atoms. The van der Waals surface area contributed by atoms with Gasteiger partial charge in [-0.3, -0.25) is 0 Å². The molecule has 0 atom stereocenters. The van der Waals surface area contributed by atoms with E-state index in [1.54, 1.807) is 24.3 Å². The zero-order chi connectivity index (χ0) is 27.0. The molecule has 0 saturated carbocycles. The van der Waals surface area contributed by atoms with Crippen molar-refractivity contribution in [2.45, 2.75) is 78.9 Å². The zero-order valence-electron chi connectivity index (χ0n) is 22.6. The van der Waals surface area contributed by atoms with Gasteiger partial charge in [-0.25, -0.2) is 3.63 Å². The van der Waals surface area contributed by atoms with Gasteiger partial charge in [-0.1, -0.05) is 86.8 Å².